The van der Waals surface area contributed by atoms with E-state index in [2.05, 4.69) is 34.6 Å². The van der Waals surface area contributed by atoms with Crippen molar-refractivity contribution in [2.75, 3.05) is 5.32 Å². The Morgan fingerprint density at radius 1 is 0.909 bits per heavy atom. The van der Waals surface area contributed by atoms with Crippen LogP contribution in [-0.2, 0) is 11.3 Å². The first kappa shape index (κ1) is 20.8. The van der Waals surface area contributed by atoms with Gasteiger partial charge in [0.15, 0.2) is 0 Å². The lowest BCUT2D eigenvalue weighted by Gasteiger charge is -2.08. The van der Waals surface area contributed by atoms with Crippen molar-refractivity contribution in [3.8, 4) is 22.3 Å². The number of nitrogens with zero attached hydrogens (tertiary/aromatic N) is 2. The Bertz CT molecular complexity index is 1490. The third kappa shape index (κ3) is 4.33. The highest BCUT2D eigenvalue weighted by Crippen LogP contribution is 2.32. The third-order valence-corrected chi connectivity index (χ3v) is 6.40. The number of aryl methyl sites for hydroxylation is 1. The lowest BCUT2D eigenvalue weighted by molar-refractivity contribution is -0.116. The predicted molar refractivity (Wildman–Crippen MR) is 135 cm³/mol. The van der Waals surface area contributed by atoms with Crippen molar-refractivity contribution >= 4 is 33.1 Å². The van der Waals surface area contributed by atoms with Crippen LogP contribution in [0.1, 0.15) is 5.56 Å². The van der Waals surface area contributed by atoms with Gasteiger partial charge in [0.05, 0.1) is 11.7 Å². The van der Waals surface area contributed by atoms with Crippen LogP contribution < -0.4 is 10.9 Å². The van der Waals surface area contributed by atoms with Crippen molar-refractivity contribution in [2.45, 2.75) is 13.5 Å². The van der Waals surface area contributed by atoms with E-state index in [1.54, 1.807) is 0 Å². The highest BCUT2D eigenvalue weighted by molar-refractivity contribution is 7.17. The normalized spacial score (nSPS) is 10.9. The van der Waals surface area contributed by atoms with E-state index in [1.807, 2.05) is 66.9 Å². The van der Waals surface area contributed by atoms with E-state index in [0.717, 1.165) is 27.8 Å². The van der Waals surface area contributed by atoms with Crippen molar-refractivity contribution in [1.29, 1.82) is 0 Å². The zero-order valence-electron chi connectivity index (χ0n) is 18.0. The quantitative estimate of drug-likeness (QED) is 0.371. The second-order valence-electron chi connectivity index (χ2n) is 7.86. The molecule has 6 heteroatoms. The second kappa shape index (κ2) is 8.84. The van der Waals surface area contributed by atoms with Gasteiger partial charge < -0.3 is 5.32 Å². The molecule has 5 nitrogen and oxygen atoms in total. The monoisotopic (exact) mass is 451 g/mol. The molecule has 0 aliphatic heterocycles. The minimum Gasteiger partial charge on any atom is -0.325 e. The van der Waals surface area contributed by atoms with Crippen molar-refractivity contribution in [2.24, 2.45) is 0 Å². The van der Waals surface area contributed by atoms with Crippen LogP contribution >= 0.6 is 11.3 Å². The van der Waals surface area contributed by atoms with E-state index in [9.17, 15) is 9.59 Å². The minimum atomic E-state index is -0.272. The molecule has 0 aliphatic carbocycles. The number of carbonyl (C=O) groups is 1. The molecule has 162 valence electrons. The standard InChI is InChI=1S/C27H21N3O2S/c1-18-7-13-22(14-8-18)29-24(31)15-30-17-28-26-25(27(30)32)23(16-33-26)21-11-9-20(10-12-21)19-5-3-2-4-6-19/h2-14,16-17H,15H2,1H3,(H,29,31). The fourth-order valence-electron chi connectivity index (χ4n) is 3.76. The van der Waals surface area contributed by atoms with Gasteiger partial charge in [0.1, 0.15) is 11.4 Å². The number of benzene rings is 3. The Hall–Kier alpha value is -4.03. The molecule has 5 rings (SSSR count). The largest absolute Gasteiger partial charge is 0.325 e. The first-order valence-electron chi connectivity index (χ1n) is 10.6. The number of amides is 1. The first-order chi connectivity index (χ1) is 16.1. The van der Waals surface area contributed by atoms with Crippen molar-refractivity contribution < 1.29 is 4.79 Å². The molecular weight excluding hydrogens is 430 g/mol. The zero-order chi connectivity index (χ0) is 22.8. The number of carbonyl (C=O) groups excluding carboxylic acids is 1. The molecule has 0 unspecified atom stereocenters. The summed E-state index contributed by atoms with van der Waals surface area (Å²) in [6.45, 7) is 1.89. The molecule has 0 saturated carbocycles. The van der Waals surface area contributed by atoms with Crippen molar-refractivity contribution in [1.82, 2.24) is 9.55 Å². The fraction of sp³-hybridized carbons (Fsp3) is 0.0741. The molecule has 0 aliphatic rings. The average Bonchev–Trinajstić information content (AvgIpc) is 3.28. The smallest absolute Gasteiger partial charge is 0.263 e. The SMILES string of the molecule is Cc1ccc(NC(=O)Cn2cnc3scc(-c4ccc(-c5ccccc5)cc4)c3c2=O)cc1. The highest BCUT2D eigenvalue weighted by atomic mass is 32.1. The summed E-state index contributed by atoms with van der Waals surface area (Å²) in [5, 5.41) is 5.32. The average molecular weight is 452 g/mol. The third-order valence-electron chi connectivity index (χ3n) is 5.51. The summed E-state index contributed by atoms with van der Waals surface area (Å²) in [6, 6.07) is 25.8. The summed E-state index contributed by atoms with van der Waals surface area (Å²) >= 11 is 1.43. The van der Waals surface area contributed by atoms with Crippen LogP contribution in [0.15, 0.2) is 95.4 Å². The van der Waals surface area contributed by atoms with Gasteiger partial charge in [0, 0.05) is 16.6 Å². The van der Waals surface area contributed by atoms with Crippen LogP contribution in [0.3, 0.4) is 0 Å². The molecule has 2 aromatic heterocycles. The first-order valence-corrected chi connectivity index (χ1v) is 11.5. The molecule has 0 saturated heterocycles. The predicted octanol–water partition coefficient (Wildman–Crippen LogP) is 5.74. The maximum absolute atomic E-state index is 13.3. The maximum atomic E-state index is 13.3. The topological polar surface area (TPSA) is 64.0 Å². The fourth-order valence-corrected chi connectivity index (χ4v) is 4.66. The second-order valence-corrected chi connectivity index (χ2v) is 8.72. The maximum Gasteiger partial charge on any atom is 0.263 e. The van der Waals surface area contributed by atoms with E-state index in [1.165, 1.54) is 22.2 Å². The molecule has 0 atom stereocenters. The lowest BCUT2D eigenvalue weighted by Crippen LogP contribution is -2.27. The summed E-state index contributed by atoms with van der Waals surface area (Å²) in [6.07, 6.45) is 1.44. The van der Waals surface area contributed by atoms with Gasteiger partial charge >= 0.3 is 0 Å². The number of hydrogen-bond acceptors (Lipinski definition) is 4. The Morgan fingerprint density at radius 3 is 2.30 bits per heavy atom. The van der Waals surface area contributed by atoms with Gasteiger partial charge in [0.25, 0.3) is 5.56 Å². The Labute approximate surface area is 195 Å². The molecule has 0 radical (unpaired) electrons. The van der Waals surface area contributed by atoms with Crippen molar-refractivity contribution in [3.63, 3.8) is 0 Å². The number of hydrogen-bond donors (Lipinski definition) is 1. The number of thiophene rings is 1. The van der Waals surface area contributed by atoms with Crippen LogP contribution in [0.25, 0.3) is 32.5 Å². The van der Waals surface area contributed by atoms with E-state index < -0.39 is 0 Å². The summed E-state index contributed by atoms with van der Waals surface area (Å²) in [5.74, 6) is -0.272. The van der Waals surface area contributed by atoms with Gasteiger partial charge in [-0.3, -0.25) is 14.2 Å². The summed E-state index contributed by atoms with van der Waals surface area (Å²) < 4.78 is 1.36. The van der Waals surface area contributed by atoms with Crippen LogP contribution in [0.4, 0.5) is 5.69 Å². The van der Waals surface area contributed by atoms with Gasteiger partial charge in [0.2, 0.25) is 5.91 Å². The van der Waals surface area contributed by atoms with Gasteiger partial charge in [-0.25, -0.2) is 4.98 Å². The molecular formula is C27H21N3O2S. The van der Waals surface area contributed by atoms with Gasteiger partial charge in [-0.1, -0.05) is 72.3 Å². The molecule has 1 N–H and O–H groups in total. The number of fused-ring (bicyclic) bond motifs is 1. The Morgan fingerprint density at radius 2 is 1.58 bits per heavy atom. The molecule has 1 amide bonds. The van der Waals surface area contributed by atoms with Crippen LogP contribution in [0.5, 0.6) is 0 Å². The zero-order valence-corrected chi connectivity index (χ0v) is 18.8. The number of aromatic nitrogens is 2. The molecule has 0 fully saturated rings. The molecule has 2 heterocycles. The number of rotatable bonds is 5. The minimum absolute atomic E-state index is 0.0993. The molecule has 5 aromatic rings. The molecule has 0 spiro atoms. The van der Waals surface area contributed by atoms with Gasteiger partial charge in [-0.05, 0) is 35.7 Å². The van der Waals surface area contributed by atoms with Crippen LogP contribution in [0, 0.1) is 6.92 Å². The van der Waals surface area contributed by atoms with Crippen LogP contribution in [-0.4, -0.2) is 15.5 Å². The molecule has 0 bridgehead atoms. The molecule has 33 heavy (non-hydrogen) atoms. The number of anilines is 1. The number of nitrogens with one attached hydrogen (secondary N) is 1. The summed E-state index contributed by atoms with van der Waals surface area (Å²) in [4.78, 5) is 30.9. The Balaban J connectivity index is 1.43. The summed E-state index contributed by atoms with van der Waals surface area (Å²) in [5.41, 5.74) is 5.62. The van der Waals surface area contributed by atoms with E-state index >= 15 is 0 Å². The van der Waals surface area contributed by atoms with Gasteiger partial charge in [-0.2, -0.15) is 0 Å². The van der Waals surface area contributed by atoms with E-state index in [0.29, 0.717) is 15.9 Å². The van der Waals surface area contributed by atoms with E-state index in [4.69, 9.17) is 0 Å². The van der Waals surface area contributed by atoms with Crippen molar-refractivity contribution in [3.05, 3.63) is 106 Å². The Kier molecular flexibility index (Phi) is 5.59. The lowest BCUT2D eigenvalue weighted by atomic mass is 10.0. The molecule has 3 aromatic carbocycles. The van der Waals surface area contributed by atoms with Gasteiger partial charge in [-0.15, -0.1) is 11.3 Å². The van der Waals surface area contributed by atoms with E-state index in [-0.39, 0.29) is 18.0 Å². The van der Waals surface area contributed by atoms with Crippen LogP contribution in [0.2, 0.25) is 0 Å². The highest BCUT2D eigenvalue weighted by Gasteiger charge is 2.15. The summed E-state index contributed by atoms with van der Waals surface area (Å²) in [7, 11) is 0.